The second kappa shape index (κ2) is 10.3. The lowest BCUT2D eigenvalue weighted by Crippen LogP contribution is -2.17. The van der Waals surface area contributed by atoms with Crippen molar-refractivity contribution in [1.82, 2.24) is 5.43 Å². The van der Waals surface area contributed by atoms with Crippen LogP contribution in [0.4, 0.5) is 0 Å². The van der Waals surface area contributed by atoms with E-state index in [2.05, 4.69) is 17.5 Å². The number of hydrogen-bond acceptors (Lipinski definition) is 4. The van der Waals surface area contributed by atoms with Crippen LogP contribution in [0.15, 0.2) is 65.8 Å². The van der Waals surface area contributed by atoms with Gasteiger partial charge in [0.15, 0.2) is 0 Å². The minimum absolute atomic E-state index is 0.128. The van der Waals surface area contributed by atoms with Crippen LogP contribution in [-0.4, -0.2) is 23.8 Å². The van der Waals surface area contributed by atoms with E-state index >= 15 is 0 Å². The first-order valence-electron chi connectivity index (χ1n) is 9.91. The first-order chi connectivity index (χ1) is 14.2. The molecule has 2 N–H and O–H groups in total. The van der Waals surface area contributed by atoms with Gasteiger partial charge in [0.05, 0.1) is 12.8 Å². The Balaban J connectivity index is 1.51. The number of phenolic OH excluding ortho intramolecular Hbond substituents is 1. The van der Waals surface area contributed by atoms with E-state index < -0.39 is 0 Å². The van der Waals surface area contributed by atoms with Crippen molar-refractivity contribution in [2.75, 3.05) is 6.61 Å². The molecule has 3 aromatic carbocycles. The smallest absolute Gasteiger partial charge is 0.240 e. The topological polar surface area (TPSA) is 70.9 Å². The van der Waals surface area contributed by atoms with Crippen molar-refractivity contribution in [3.05, 3.63) is 71.8 Å². The monoisotopic (exact) mass is 390 g/mol. The summed E-state index contributed by atoms with van der Waals surface area (Å²) in [7, 11) is 0. The number of hydrogen-bond donors (Lipinski definition) is 2. The molecule has 0 aliphatic heterocycles. The fraction of sp³-hybridized carbons (Fsp3) is 0.250. The molecule has 0 radical (unpaired) electrons. The molecule has 1 amide bonds. The fourth-order valence-electron chi connectivity index (χ4n) is 2.99. The molecule has 29 heavy (non-hydrogen) atoms. The van der Waals surface area contributed by atoms with Crippen LogP contribution in [0, 0.1) is 0 Å². The third kappa shape index (κ3) is 5.82. The molecule has 0 unspecified atom stereocenters. The number of nitrogens with zero attached hydrogens (tertiary/aromatic N) is 1. The molecule has 0 saturated heterocycles. The first kappa shape index (κ1) is 20.4. The van der Waals surface area contributed by atoms with Crippen molar-refractivity contribution in [2.24, 2.45) is 5.10 Å². The van der Waals surface area contributed by atoms with E-state index in [-0.39, 0.29) is 11.7 Å². The van der Waals surface area contributed by atoms with Gasteiger partial charge in [0, 0.05) is 12.0 Å². The number of ether oxygens (including phenoxy) is 1. The average Bonchev–Trinajstić information content (AvgIpc) is 2.75. The van der Waals surface area contributed by atoms with Crippen LogP contribution in [0.1, 0.15) is 37.3 Å². The Morgan fingerprint density at radius 2 is 1.90 bits per heavy atom. The Morgan fingerprint density at radius 3 is 2.69 bits per heavy atom. The highest BCUT2D eigenvalue weighted by Crippen LogP contribution is 2.25. The molecule has 150 valence electrons. The van der Waals surface area contributed by atoms with Gasteiger partial charge in [0.1, 0.15) is 11.5 Å². The third-order valence-electron chi connectivity index (χ3n) is 4.66. The molecule has 5 heteroatoms. The number of hydrazone groups is 1. The highest BCUT2D eigenvalue weighted by atomic mass is 16.5. The van der Waals surface area contributed by atoms with Gasteiger partial charge in [-0.05, 0) is 47.4 Å². The van der Waals surface area contributed by atoms with Crippen molar-refractivity contribution in [1.29, 1.82) is 0 Å². The summed E-state index contributed by atoms with van der Waals surface area (Å²) in [5, 5.41) is 16.0. The maximum atomic E-state index is 12.1. The quantitative estimate of drug-likeness (QED) is 0.313. The van der Waals surface area contributed by atoms with Gasteiger partial charge < -0.3 is 9.84 Å². The average molecular weight is 390 g/mol. The van der Waals surface area contributed by atoms with E-state index in [4.69, 9.17) is 4.74 Å². The zero-order chi connectivity index (χ0) is 20.5. The summed E-state index contributed by atoms with van der Waals surface area (Å²) in [6.07, 6.45) is 4.58. The molecule has 0 spiro atoms. The van der Waals surface area contributed by atoms with Gasteiger partial charge >= 0.3 is 0 Å². The Kier molecular flexibility index (Phi) is 7.22. The van der Waals surface area contributed by atoms with Gasteiger partial charge in [0.25, 0.3) is 0 Å². The molecule has 3 rings (SSSR count). The zero-order valence-electron chi connectivity index (χ0n) is 16.6. The van der Waals surface area contributed by atoms with Gasteiger partial charge in [-0.25, -0.2) is 5.43 Å². The summed E-state index contributed by atoms with van der Waals surface area (Å²) in [5.74, 6) is 0.804. The van der Waals surface area contributed by atoms with E-state index in [9.17, 15) is 9.90 Å². The van der Waals surface area contributed by atoms with Crippen LogP contribution in [0.2, 0.25) is 0 Å². The molecule has 0 heterocycles. The van der Waals surface area contributed by atoms with E-state index in [1.165, 1.54) is 6.21 Å². The molecule has 0 saturated carbocycles. The number of phenols is 1. The number of aryl methyl sites for hydroxylation is 1. The standard InChI is InChI=1S/C24H26N2O3/c1-2-3-16-29-20-12-8-18(9-13-20)10-15-24(28)26-25-17-22-21-7-5-4-6-19(21)11-14-23(22)27/h4-9,11-14,17,27H,2-3,10,15-16H2,1H3,(H,26,28)/b25-17-. The molecule has 3 aromatic rings. The Labute approximate surface area is 171 Å². The number of rotatable bonds is 9. The van der Waals surface area contributed by atoms with Crippen molar-refractivity contribution >= 4 is 22.9 Å². The predicted molar refractivity (Wildman–Crippen MR) is 117 cm³/mol. The minimum Gasteiger partial charge on any atom is -0.507 e. The number of amides is 1. The molecule has 5 nitrogen and oxygen atoms in total. The number of fused-ring (bicyclic) bond motifs is 1. The molecule has 0 atom stereocenters. The molecule has 0 bridgehead atoms. The number of benzene rings is 3. The van der Waals surface area contributed by atoms with Crippen LogP contribution in [-0.2, 0) is 11.2 Å². The van der Waals surface area contributed by atoms with Crippen molar-refractivity contribution < 1.29 is 14.6 Å². The molecule has 0 aliphatic rings. The Bertz CT molecular complexity index is 981. The van der Waals surface area contributed by atoms with Crippen molar-refractivity contribution in [3.8, 4) is 11.5 Å². The number of unbranched alkanes of at least 4 members (excludes halogenated alkanes) is 1. The second-order valence-electron chi connectivity index (χ2n) is 6.86. The highest BCUT2D eigenvalue weighted by Gasteiger charge is 2.05. The number of carbonyl (C=O) groups excluding carboxylic acids is 1. The lowest BCUT2D eigenvalue weighted by atomic mass is 10.0. The van der Waals surface area contributed by atoms with Crippen LogP contribution >= 0.6 is 0 Å². The number of nitrogens with one attached hydrogen (secondary N) is 1. The molecule has 0 aromatic heterocycles. The summed E-state index contributed by atoms with van der Waals surface area (Å²) in [4.78, 5) is 12.1. The number of carbonyl (C=O) groups is 1. The first-order valence-corrected chi connectivity index (χ1v) is 9.91. The summed E-state index contributed by atoms with van der Waals surface area (Å²) >= 11 is 0. The van der Waals surface area contributed by atoms with Crippen LogP contribution in [0.5, 0.6) is 11.5 Å². The lowest BCUT2D eigenvalue weighted by molar-refractivity contribution is -0.121. The second-order valence-corrected chi connectivity index (χ2v) is 6.86. The largest absolute Gasteiger partial charge is 0.507 e. The third-order valence-corrected chi connectivity index (χ3v) is 4.66. The zero-order valence-corrected chi connectivity index (χ0v) is 16.6. The fourth-order valence-corrected chi connectivity index (χ4v) is 2.99. The van der Waals surface area contributed by atoms with E-state index in [1.807, 2.05) is 54.6 Å². The minimum atomic E-state index is -0.177. The summed E-state index contributed by atoms with van der Waals surface area (Å²) in [6, 6.07) is 19.0. The van der Waals surface area contributed by atoms with E-state index in [0.717, 1.165) is 41.5 Å². The lowest BCUT2D eigenvalue weighted by Gasteiger charge is -2.06. The molecule has 0 aliphatic carbocycles. The van der Waals surface area contributed by atoms with Gasteiger partial charge in [0.2, 0.25) is 5.91 Å². The predicted octanol–water partition coefficient (Wildman–Crippen LogP) is 4.81. The van der Waals surface area contributed by atoms with Gasteiger partial charge in [-0.1, -0.05) is 55.8 Å². The number of aromatic hydroxyl groups is 1. The van der Waals surface area contributed by atoms with Crippen molar-refractivity contribution in [2.45, 2.75) is 32.6 Å². The van der Waals surface area contributed by atoms with Gasteiger partial charge in [-0.15, -0.1) is 0 Å². The SMILES string of the molecule is CCCCOc1ccc(CCC(=O)N/N=C\c2c(O)ccc3ccccc23)cc1. The maximum absolute atomic E-state index is 12.1. The Morgan fingerprint density at radius 1 is 1.10 bits per heavy atom. The normalized spacial score (nSPS) is 11.1. The van der Waals surface area contributed by atoms with E-state index in [0.29, 0.717) is 18.4 Å². The molecular formula is C24H26N2O3. The van der Waals surface area contributed by atoms with Crippen LogP contribution in [0.3, 0.4) is 0 Å². The van der Waals surface area contributed by atoms with Crippen LogP contribution < -0.4 is 10.2 Å². The van der Waals surface area contributed by atoms with Crippen LogP contribution in [0.25, 0.3) is 10.8 Å². The van der Waals surface area contributed by atoms with Crippen molar-refractivity contribution in [3.63, 3.8) is 0 Å². The summed E-state index contributed by atoms with van der Waals surface area (Å²) < 4.78 is 5.64. The summed E-state index contributed by atoms with van der Waals surface area (Å²) in [6.45, 7) is 2.86. The van der Waals surface area contributed by atoms with E-state index in [1.54, 1.807) is 6.07 Å². The highest BCUT2D eigenvalue weighted by molar-refractivity contribution is 6.02. The summed E-state index contributed by atoms with van der Waals surface area (Å²) in [5.41, 5.74) is 4.19. The molecule has 0 fully saturated rings. The Hall–Kier alpha value is -3.34. The van der Waals surface area contributed by atoms with Gasteiger partial charge in [-0.3, -0.25) is 4.79 Å². The molecular weight excluding hydrogens is 364 g/mol. The maximum Gasteiger partial charge on any atom is 0.240 e. The van der Waals surface area contributed by atoms with Gasteiger partial charge in [-0.2, -0.15) is 5.10 Å².